The van der Waals surface area contributed by atoms with Crippen LogP contribution in [0, 0.1) is 5.92 Å². The molecule has 0 radical (unpaired) electrons. The number of ether oxygens (including phenoxy) is 1. The number of aromatic nitrogens is 4. The molecule has 0 saturated heterocycles. The number of carbonyl (C=O) groups excluding carboxylic acids is 2. The van der Waals surface area contributed by atoms with E-state index in [1.54, 1.807) is 24.5 Å². The lowest BCUT2D eigenvalue weighted by Gasteiger charge is -2.11. The van der Waals surface area contributed by atoms with Gasteiger partial charge < -0.3 is 19.7 Å². The fraction of sp³-hybridized carbons (Fsp3) is 0.235. The maximum Gasteiger partial charge on any atom is 0.341 e. The molecule has 0 atom stereocenters. The van der Waals surface area contributed by atoms with Crippen molar-refractivity contribution in [3.63, 3.8) is 0 Å². The van der Waals surface area contributed by atoms with Crippen molar-refractivity contribution in [3.8, 4) is 11.6 Å². The third-order valence-corrected chi connectivity index (χ3v) is 3.98. The van der Waals surface area contributed by atoms with E-state index in [0.717, 1.165) is 19.0 Å². The lowest BCUT2D eigenvalue weighted by molar-refractivity contribution is 0.0487. The van der Waals surface area contributed by atoms with Gasteiger partial charge in [0.2, 0.25) is 0 Å². The van der Waals surface area contributed by atoms with E-state index in [0.29, 0.717) is 18.3 Å². The molecule has 0 aromatic carbocycles. The molecule has 2 N–H and O–H groups in total. The van der Waals surface area contributed by atoms with E-state index < -0.39 is 23.4 Å². The van der Waals surface area contributed by atoms with Crippen molar-refractivity contribution in [2.24, 2.45) is 5.92 Å². The fourth-order valence-electron chi connectivity index (χ4n) is 2.35. The van der Waals surface area contributed by atoms with Crippen LogP contribution in [0.25, 0.3) is 5.82 Å². The number of hydrogen-bond donors (Lipinski definition) is 2. The molecule has 4 rings (SSSR count). The Hall–Kier alpha value is -3.69. The van der Waals surface area contributed by atoms with E-state index in [2.05, 4.69) is 20.6 Å². The zero-order valence-corrected chi connectivity index (χ0v) is 14.0. The average molecular weight is 369 g/mol. The summed E-state index contributed by atoms with van der Waals surface area (Å²) in [5.74, 6) is -1.47. The first-order valence-electron chi connectivity index (χ1n) is 8.25. The Balaban J connectivity index is 1.64. The van der Waals surface area contributed by atoms with Crippen LogP contribution in [-0.4, -0.2) is 43.5 Å². The van der Waals surface area contributed by atoms with Gasteiger partial charge in [0.15, 0.2) is 11.6 Å². The summed E-state index contributed by atoms with van der Waals surface area (Å²) in [6, 6.07) is 4.79. The lowest BCUT2D eigenvalue weighted by atomic mass is 10.2. The van der Waals surface area contributed by atoms with Gasteiger partial charge in [0.05, 0.1) is 6.61 Å². The maximum atomic E-state index is 12.4. The van der Waals surface area contributed by atoms with Crippen molar-refractivity contribution in [1.29, 1.82) is 0 Å². The Kier molecular flexibility index (Phi) is 4.29. The van der Waals surface area contributed by atoms with Crippen molar-refractivity contribution in [1.82, 2.24) is 19.9 Å². The zero-order chi connectivity index (χ0) is 18.8. The van der Waals surface area contributed by atoms with Gasteiger partial charge in [0.25, 0.3) is 11.7 Å². The first kappa shape index (κ1) is 16.8. The van der Waals surface area contributed by atoms with Crippen LogP contribution in [0.5, 0.6) is 5.75 Å². The highest BCUT2D eigenvalue weighted by molar-refractivity contribution is 6.06. The molecule has 0 spiro atoms. The van der Waals surface area contributed by atoms with Crippen LogP contribution < -0.4 is 5.32 Å². The number of aromatic hydroxyl groups is 1. The molecule has 1 amide bonds. The minimum Gasteiger partial charge on any atom is -0.503 e. The number of carbonyl (C=O) groups is 2. The van der Waals surface area contributed by atoms with Gasteiger partial charge in [-0.1, -0.05) is 5.16 Å². The van der Waals surface area contributed by atoms with E-state index >= 15 is 0 Å². The van der Waals surface area contributed by atoms with Crippen molar-refractivity contribution in [2.45, 2.75) is 12.8 Å². The summed E-state index contributed by atoms with van der Waals surface area (Å²) in [7, 11) is 0. The fourth-order valence-corrected chi connectivity index (χ4v) is 2.35. The first-order chi connectivity index (χ1) is 13.1. The van der Waals surface area contributed by atoms with Crippen LogP contribution in [0.3, 0.4) is 0 Å². The van der Waals surface area contributed by atoms with Crippen LogP contribution in [0.4, 0.5) is 5.82 Å². The second kappa shape index (κ2) is 6.90. The highest BCUT2D eigenvalue weighted by Crippen LogP contribution is 2.29. The molecular formula is C17H15N5O5. The van der Waals surface area contributed by atoms with Gasteiger partial charge in [0.1, 0.15) is 17.6 Å². The van der Waals surface area contributed by atoms with Gasteiger partial charge in [0, 0.05) is 12.4 Å². The summed E-state index contributed by atoms with van der Waals surface area (Å²) in [5, 5.41) is 19.5. The van der Waals surface area contributed by atoms with Gasteiger partial charge in [-0.2, -0.15) is 5.10 Å². The SMILES string of the molecule is O=C(OCC1CC1)c1ccc(-n2cccn2)nc1NC(=O)c1oncc1O. The molecule has 3 aromatic heterocycles. The zero-order valence-electron chi connectivity index (χ0n) is 14.0. The van der Waals surface area contributed by atoms with E-state index in [1.807, 2.05) is 0 Å². The normalized spacial score (nSPS) is 13.3. The molecule has 27 heavy (non-hydrogen) atoms. The third kappa shape index (κ3) is 3.64. The van der Waals surface area contributed by atoms with Crippen LogP contribution in [0.1, 0.15) is 33.8 Å². The summed E-state index contributed by atoms with van der Waals surface area (Å²) >= 11 is 0. The lowest BCUT2D eigenvalue weighted by Crippen LogP contribution is -2.18. The third-order valence-electron chi connectivity index (χ3n) is 3.98. The number of nitrogens with zero attached hydrogens (tertiary/aromatic N) is 4. The molecule has 3 heterocycles. The average Bonchev–Trinajstić information content (AvgIpc) is 3.14. The number of anilines is 1. The topological polar surface area (TPSA) is 132 Å². The molecule has 0 bridgehead atoms. The van der Waals surface area contributed by atoms with Gasteiger partial charge >= 0.3 is 5.97 Å². The van der Waals surface area contributed by atoms with Crippen LogP contribution in [0.2, 0.25) is 0 Å². The second-order valence-electron chi connectivity index (χ2n) is 6.05. The largest absolute Gasteiger partial charge is 0.503 e. The predicted octanol–water partition coefficient (Wildman–Crippen LogP) is 1.78. The smallest absolute Gasteiger partial charge is 0.341 e. The molecule has 0 unspecified atom stereocenters. The molecule has 10 heteroatoms. The Morgan fingerprint density at radius 3 is 2.89 bits per heavy atom. The van der Waals surface area contributed by atoms with Crippen molar-refractivity contribution in [2.75, 3.05) is 11.9 Å². The number of hydrogen-bond acceptors (Lipinski definition) is 8. The second-order valence-corrected chi connectivity index (χ2v) is 6.05. The van der Waals surface area contributed by atoms with Crippen molar-refractivity contribution in [3.05, 3.63) is 48.1 Å². The Morgan fingerprint density at radius 1 is 1.37 bits per heavy atom. The van der Waals surface area contributed by atoms with Gasteiger partial charge in [-0.15, -0.1) is 0 Å². The summed E-state index contributed by atoms with van der Waals surface area (Å²) in [6.45, 7) is 0.329. The van der Waals surface area contributed by atoms with E-state index in [4.69, 9.17) is 9.26 Å². The van der Waals surface area contributed by atoms with E-state index in [1.165, 1.54) is 10.7 Å². The standard InChI is InChI=1S/C17H15N5O5/c23-12-8-19-27-14(12)16(24)21-15-11(17(25)26-9-10-2-3-10)4-5-13(20-15)22-7-1-6-18-22/h1,4-8,10,23H,2-3,9H2,(H,20,21,24). The quantitative estimate of drug-likeness (QED) is 0.628. The molecule has 0 aliphatic heterocycles. The number of esters is 1. The highest BCUT2D eigenvalue weighted by atomic mass is 16.5. The van der Waals surface area contributed by atoms with Crippen LogP contribution >= 0.6 is 0 Å². The molecule has 1 saturated carbocycles. The summed E-state index contributed by atoms with van der Waals surface area (Å²) in [5.41, 5.74) is 0.0823. The van der Waals surface area contributed by atoms with Crippen molar-refractivity contribution < 1.29 is 24.0 Å². The molecule has 3 aromatic rings. The summed E-state index contributed by atoms with van der Waals surface area (Å²) in [4.78, 5) is 29.0. The monoisotopic (exact) mass is 369 g/mol. The van der Waals surface area contributed by atoms with Gasteiger partial charge in [-0.3, -0.25) is 4.79 Å². The molecule has 1 fully saturated rings. The summed E-state index contributed by atoms with van der Waals surface area (Å²) < 4.78 is 11.5. The molecular weight excluding hydrogens is 354 g/mol. The van der Waals surface area contributed by atoms with Crippen molar-refractivity contribution >= 4 is 17.7 Å². The number of rotatable bonds is 6. The maximum absolute atomic E-state index is 12.4. The van der Waals surface area contributed by atoms with E-state index in [-0.39, 0.29) is 11.4 Å². The number of pyridine rings is 1. The highest BCUT2D eigenvalue weighted by Gasteiger charge is 2.26. The Morgan fingerprint density at radius 2 is 2.22 bits per heavy atom. The van der Waals surface area contributed by atoms with Crippen LogP contribution in [-0.2, 0) is 4.74 Å². The van der Waals surface area contributed by atoms with Gasteiger partial charge in [-0.05, 0) is 37.0 Å². The van der Waals surface area contributed by atoms with E-state index in [9.17, 15) is 14.7 Å². The number of amides is 1. The summed E-state index contributed by atoms with van der Waals surface area (Å²) in [6.07, 6.45) is 6.31. The Bertz CT molecular complexity index is 978. The first-order valence-corrected chi connectivity index (χ1v) is 8.25. The van der Waals surface area contributed by atoms with Crippen LogP contribution in [0.15, 0.2) is 41.3 Å². The number of nitrogens with one attached hydrogen (secondary N) is 1. The Labute approximate surface area is 152 Å². The minimum atomic E-state index is -0.800. The molecule has 1 aliphatic carbocycles. The van der Waals surface area contributed by atoms with Gasteiger partial charge in [-0.25, -0.2) is 14.5 Å². The minimum absolute atomic E-state index is 0.0374. The predicted molar refractivity (Wildman–Crippen MR) is 90.5 cm³/mol. The molecule has 138 valence electrons. The molecule has 1 aliphatic rings. The molecule has 10 nitrogen and oxygen atoms in total.